The molecule has 0 radical (unpaired) electrons. The van der Waals surface area contributed by atoms with E-state index < -0.39 is 0 Å². The Morgan fingerprint density at radius 1 is 1.70 bits per heavy atom. The summed E-state index contributed by atoms with van der Waals surface area (Å²) in [4.78, 5) is 10.4. The lowest BCUT2D eigenvalue weighted by atomic mass is 10.2. The maximum atomic E-state index is 10.4. The number of unbranched alkanes of at least 4 members (excludes halogenated alkanes) is 1. The molecule has 1 atom stereocenters. The number of carbonyl (C=O) groups excluding carboxylic acids is 1. The molecule has 0 aromatic rings. The van der Waals surface area contributed by atoms with E-state index in [-0.39, 0.29) is 12.1 Å². The maximum absolute atomic E-state index is 10.4. The second kappa shape index (κ2) is 5.23. The first-order chi connectivity index (χ1) is 4.66. The van der Waals surface area contributed by atoms with Crippen molar-refractivity contribution in [1.82, 2.24) is 5.32 Å². The smallest absolute Gasteiger partial charge is 0.218 e. The number of rotatable bonds is 4. The first-order valence-electron chi connectivity index (χ1n) is 3.69. The summed E-state index contributed by atoms with van der Waals surface area (Å²) in [5.41, 5.74) is 5.53. The van der Waals surface area contributed by atoms with Gasteiger partial charge >= 0.3 is 0 Å². The molecule has 1 amide bonds. The number of hydrogen-bond donors (Lipinski definition) is 2. The van der Waals surface area contributed by atoms with Crippen molar-refractivity contribution >= 4 is 5.91 Å². The fraction of sp³-hybridized carbons (Fsp3) is 0.857. The summed E-state index contributed by atoms with van der Waals surface area (Å²) < 4.78 is 0. The van der Waals surface area contributed by atoms with Crippen molar-refractivity contribution in [2.75, 3.05) is 0 Å². The zero-order valence-electron chi connectivity index (χ0n) is 6.68. The predicted octanol–water partition coefficient (Wildman–Crippen LogP) is 0.598. The number of nitrogens with two attached hydrogens (primary N) is 1. The van der Waals surface area contributed by atoms with Gasteiger partial charge in [-0.3, -0.25) is 4.79 Å². The topological polar surface area (TPSA) is 55.1 Å². The maximum Gasteiger partial charge on any atom is 0.218 e. The Labute approximate surface area is 62.0 Å². The van der Waals surface area contributed by atoms with Crippen molar-refractivity contribution in [3.05, 3.63) is 0 Å². The van der Waals surface area contributed by atoms with E-state index in [9.17, 15) is 4.79 Å². The third-order valence-corrected chi connectivity index (χ3v) is 1.26. The van der Waals surface area contributed by atoms with Gasteiger partial charge in [-0.05, 0) is 6.42 Å². The average Bonchev–Trinajstić information content (AvgIpc) is 1.82. The lowest BCUT2D eigenvalue weighted by molar-refractivity contribution is -0.119. The second-order valence-electron chi connectivity index (χ2n) is 2.45. The molecular weight excluding hydrogens is 128 g/mol. The fourth-order valence-corrected chi connectivity index (χ4v) is 0.757. The Morgan fingerprint density at radius 2 is 2.30 bits per heavy atom. The summed E-state index contributed by atoms with van der Waals surface area (Å²) >= 11 is 0. The molecule has 0 aromatic carbocycles. The monoisotopic (exact) mass is 144 g/mol. The highest BCUT2D eigenvalue weighted by molar-refractivity contribution is 5.73. The number of nitrogens with one attached hydrogen (secondary N) is 1. The van der Waals surface area contributed by atoms with Crippen LogP contribution >= 0.6 is 0 Å². The molecule has 0 aliphatic rings. The molecule has 0 spiro atoms. The molecule has 0 rings (SSSR count). The Hall–Kier alpha value is -0.570. The fourth-order valence-electron chi connectivity index (χ4n) is 0.757. The van der Waals surface area contributed by atoms with Crippen molar-refractivity contribution in [3.63, 3.8) is 0 Å². The number of amides is 1. The summed E-state index contributed by atoms with van der Waals surface area (Å²) in [5, 5.41) is 2.62. The molecule has 0 saturated heterocycles. The highest BCUT2D eigenvalue weighted by Crippen LogP contribution is 1.94. The molecule has 0 aromatic heterocycles. The molecule has 10 heavy (non-hydrogen) atoms. The van der Waals surface area contributed by atoms with Gasteiger partial charge in [0.15, 0.2) is 0 Å². The summed E-state index contributed by atoms with van der Waals surface area (Å²) in [6, 6.07) is 0. The molecular formula is C7H16N2O. The molecule has 3 nitrogen and oxygen atoms in total. The zero-order chi connectivity index (χ0) is 7.98. The Kier molecular flexibility index (Phi) is 4.94. The van der Waals surface area contributed by atoms with Gasteiger partial charge in [0.05, 0.1) is 6.17 Å². The van der Waals surface area contributed by atoms with E-state index in [0.717, 1.165) is 19.3 Å². The SMILES string of the molecule is CCCCC(N)NC(C)=O. The van der Waals surface area contributed by atoms with Crippen molar-refractivity contribution in [2.45, 2.75) is 39.3 Å². The van der Waals surface area contributed by atoms with Crippen LogP contribution in [0.15, 0.2) is 0 Å². The van der Waals surface area contributed by atoms with Gasteiger partial charge < -0.3 is 11.1 Å². The molecule has 0 aliphatic carbocycles. The van der Waals surface area contributed by atoms with Crippen LogP contribution in [0.5, 0.6) is 0 Å². The van der Waals surface area contributed by atoms with E-state index in [4.69, 9.17) is 5.73 Å². The molecule has 1 unspecified atom stereocenters. The van der Waals surface area contributed by atoms with E-state index in [1.165, 1.54) is 6.92 Å². The predicted molar refractivity (Wildman–Crippen MR) is 41.3 cm³/mol. The van der Waals surface area contributed by atoms with Gasteiger partial charge in [0, 0.05) is 6.92 Å². The molecule has 0 bridgehead atoms. The van der Waals surface area contributed by atoms with E-state index >= 15 is 0 Å². The van der Waals surface area contributed by atoms with Crippen LogP contribution < -0.4 is 11.1 Å². The van der Waals surface area contributed by atoms with E-state index in [0.29, 0.717) is 0 Å². The normalized spacial score (nSPS) is 12.7. The van der Waals surface area contributed by atoms with Crippen LogP contribution in [0.4, 0.5) is 0 Å². The van der Waals surface area contributed by atoms with Crippen molar-refractivity contribution in [2.24, 2.45) is 5.73 Å². The molecule has 0 saturated carbocycles. The first-order valence-corrected chi connectivity index (χ1v) is 3.69. The van der Waals surface area contributed by atoms with Crippen LogP contribution in [0, 0.1) is 0 Å². The van der Waals surface area contributed by atoms with Gasteiger partial charge in [-0.25, -0.2) is 0 Å². The van der Waals surface area contributed by atoms with Gasteiger partial charge in [0.1, 0.15) is 0 Å². The Bertz CT molecular complexity index is 104. The minimum absolute atomic E-state index is 0.0522. The number of carbonyl (C=O) groups is 1. The zero-order valence-corrected chi connectivity index (χ0v) is 6.68. The molecule has 0 fully saturated rings. The van der Waals surface area contributed by atoms with E-state index in [1.54, 1.807) is 0 Å². The first kappa shape index (κ1) is 9.43. The summed E-state index contributed by atoms with van der Waals surface area (Å²) in [6.07, 6.45) is 2.91. The van der Waals surface area contributed by atoms with Crippen LogP contribution in [0.25, 0.3) is 0 Å². The van der Waals surface area contributed by atoms with Crippen LogP contribution in [-0.2, 0) is 4.79 Å². The highest BCUT2D eigenvalue weighted by atomic mass is 16.1. The highest BCUT2D eigenvalue weighted by Gasteiger charge is 2.00. The molecule has 0 aliphatic heterocycles. The van der Waals surface area contributed by atoms with Crippen LogP contribution in [0.2, 0.25) is 0 Å². The van der Waals surface area contributed by atoms with Gasteiger partial charge in [0.25, 0.3) is 0 Å². The molecule has 3 heteroatoms. The quantitative estimate of drug-likeness (QED) is 0.568. The number of hydrogen-bond acceptors (Lipinski definition) is 2. The van der Waals surface area contributed by atoms with Gasteiger partial charge in [-0.1, -0.05) is 19.8 Å². The largest absolute Gasteiger partial charge is 0.341 e. The van der Waals surface area contributed by atoms with Crippen LogP contribution in [0.1, 0.15) is 33.1 Å². The van der Waals surface area contributed by atoms with Crippen LogP contribution in [0.3, 0.4) is 0 Å². The minimum atomic E-state index is -0.155. The van der Waals surface area contributed by atoms with Gasteiger partial charge in [-0.2, -0.15) is 0 Å². The lowest BCUT2D eigenvalue weighted by Gasteiger charge is -2.10. The Balaban J connectivity index is 3.25. The van der Waals surface area contributed by atoms with E-state index in [2.05, 4.69) is 12.2 Å². The average molecular weight is 144 g/mol. The molecule has 60 valence electrons. The van der Waals surface area contributed by atoms with Crippen LogP contribution in [-0.4, -0.2) is 12.1 Å². The van der Waals surface area contributed by atoms with E-state index in [1.807, 2.05) is 0 Å². The summed E-state index contributed by atoms with van der Waals surface area (Å²) in [6.45, 7) is 3.58. The summed E-state index contributed by atoms with van der Waals surface area (Å²) in [7, 11) is 0. The Morgan fingerprint density at radius 3 is 2.70 bits per heavy atom. The van der Waals surface area contributed by atoms with Gasteiger partial charge in [-0.15, -0.1) is 0 Å². The second-order valence-corrected chi connectivity index (χ2v) is 2.45. The standard InChI is InChI=1S/C7H16N2O/c1-3-4-5-7(8)9-6(2)10/h7H,3-5,8H2,1-2H3,(H,9,10). The lowest BCUT2D eigenvalue weighted by Crippen LogP contribution is -2.40. The minimum Gasteiger partial charge on any atom is -0.341 e. The van der Waals surface area contributed by atoms with Crippen molar-refractivity contribution in [1.29, 1.82) is 0 Å². The van der Waals surface area contributed by atoms with Crippen molar-refractivity contribution < 1.29 is 4.79 Å². The third-order valence-electron chi connectivity index (χ3n) is 1.26. The third kappa shape index (κ3) is 5.56. The molecule has 0 heterocycles. The van der Waals surface area contributed by atoms with Crippen molar-refractivity contribution in [3.8, 4) is 0 Å². The van der Waals surface area contributed by atoms with Gasteiger partial charge in [0.2, 0.25) is 5.91 Å². The molecule has 3 N–H and O–H groups in total. The summed E-state index contributed by atoms with van der Waals surface area (Å²) in [5.74, 6) is -0.0522.